The van der Waals surface area contributed by atoms with Crippen LogP contribution in [0.5, 0.6) is 0 Å². The number of fused-ring (bicyclic) bond motifs is 1. The predicted molar refractivity (Wildman–Crippen MR) is 85.3 cm³/mol. The molecule has 21 heavy (non-hydrogen) atoms. The van der Waals surface area contributed by atoms with E-state index in [1.165, 1.54) is 23.1 Å². The summed E-state index contributed by atoms with van der Waals surface area (Å²) in [6.07, 6.45) is 2.25. The lowest BCUT2D eigenvalue weighted by Gasteiger charge is -2.19. The molecule has 1 atom stereocenters. The van der Waals surface area contributed by atoms with E-state index < -0.39 is 10.9 Å². The van der Waals surface area contributed by atoms with Gasteiger partial charge in [0.1, 0.15) is 11.4 Å². The first-order valence-corrected chi connectivity index (χ1v) is 7.45. The van der Waals surface area contributed by atoms with Crippen molar-refractivity contribution in [2.24, 2.45) is 5.92 Å². The number of nitrogens with two attached hydrogens (primary N) is 1. The van der Waals surface area contributed by atoms with Gasteiger partial charge in [-0.25, -0.2) is 0 Å². The Hall–Kier alpha value is -2.10. The Balaban J connectivity index is 1.82. The molecule has 0 radical (unpaired) electrons. The summed E-state index contributed by atoms with van der Waals surface area (Å²) < 4.78 is 0. The minimum absolute atomic E-state index is 0.118. The van der Waals surface area contributed by atoms with Gasteiger partial charge in [-0.3, -0.25) is 9.59 Å². The van der Waals surface area contributed by atoms with Gasteiger partial charge in [-0.2, -0.15) is 0 Å². The largest absolute Gasteiger partial charge is 0.394 e. The normalized spacial score (nSPS) is 15.4. The average Bonchev–Trinajstić information content (AvgIpc) is 2.89. The molecule has 3 rings (SSSR count). The third kappa shape index (κ3) is 2.24. The van der Waals surface area contributed by atoms with E-state index in [4.69, 9.17) is 5.73 Å². The van der Waals surface area contributed by atoms with Crippen LogP contribution in [0.1, 0.15) is 37.0 Å². The van der Waals surface area contributed by atoms with E-state index in [1.807, 2.05) is 4.90 Å². The minimum Gasteiger partial charge on any atom is -0.394 e. The van der Waals surface area contributed by atoms with Gasteiger partial charge in [0.25, 0.3) is 10.9 Å². The zero-order valence-corrected chi connectivity index (χ0v) is 12.5. The summed E-state index contributed by atoms with van der Waals surface area (Å²) in [4.78, 5) is 24.8. The maximum absolute atomic E-state index is 11.6. The number of hydrogen-bond donors (Lipinski definition) is 1. The Kier molecular flexibility index (Phi) is 3.32. The maximum Gasteiger partial charge on any atom is 0.253 e. The van der Waals surface area contributed by atoms with Crippen LogP contribution in [0.4, 0.5) is 11.4 Å². The van der Waals surface area contributed by atoms with Crippen LogP contribution in [0.25, 0.3) is 0 Å². The van der Waals surface area contributed by atoms with E-state index in [0.29, 0.717) is 24.7 Å². The summed E-state index contributed by atoms with van der Waals surface area (Å²) >= 11 is 0. The molecule has 1 unspecified atom stereocenters. The van der Waals surface area contributed by atoms with Gasteiger partial charge in [0, 0.05) is 13.1 Å². The fourth-order valence-corrected chi connectivity index (χ4v) is 2.99. The van der Waals surface area contributed by atoms with Crippen molar-refractivity contribution in [1.82, 2.24) is 0 Å². The van der Waals surface area contributed by atoms with E-state index in [2.05, 4.69) is 32.0 Å². The second-order valence-corrected chi connectivity index (χ2v) is 6.10. The van der Waals surface area contributed by atoms with Gasteiger partial charge >= 0.3 is 0 Å². The van der Waals surface area contributed by atoms with E-state index in [1.54, 1.807) is 0 Å². The standard InChI is InChI=1S/C17H20N2O2/c1-3-10(2)6-11-4-5-12-8-19(9-13(12)7-11)15-14(18)16(20)17(15)21/h4-5,7,10H,3,6,8-9,18H2,1-2H3. The highest BCUT2D eigenvalue weighted by Crippen LogP contribution is 2.30. The van der Waals surface area contributed by atoms with Gasteiger partial charge in [0.05, 0.1) is 0 Å². The van der Waals surface area contributed by atoms with Crippen molar-refractivity contribution in [1.29, 1.82) is 0 Å². The zero-order chi connectivity index (χ0) is 15.1. The molecule has 0 fully saturated rings. The van der Waals surface area contributed by atoms with E-state index in [0.717, 1.165) is 6.42 Å². The van der Waals surface area contributed by atoms with E-state index in [9.17, 15) is 9.59 Å². The molecule has 2 N–H and O–H groups in total. The summed E-state index contributed by atoms with van der Waals surface area (Å²) in [6, 6.07) is 6.53. The lowest BCUT2D eigenvalue weighted by Crippen LogP contribution is -2.40. The van der Waals surface area contributed by atoms with Crippen molar-refractivity contribution < 1.29 is 0 Å². The second-order valence-electron chi connectivity index (χ2n) is 6.10. The second kappa shape index (κ2) is 5.02. The molecule has 0 saturated heterocycles. The molecule has 0 aliphatic carbocycles. The third-order valence-corrected chi connectivity index (χ3v) is 4.51. The number of nitrogen functional groups attached to an aromatic ring is 1. The van der Waals surface area contributed by atoms with Crippen LogP contribution in [-0.2, 0) is 19.5 Å². The Morgan fingerprint density at radius 3 is 2.57 bits per heavy atom. The van der Waals surface area contributed by atoms with Crippen molar-refractivity contribution in [3.8, 4) is 0 Å². The number of benzene rings is 1. The molecule has 0 amide bonds. The molecular weight excluding hydrogens is 264 g/mol. The average molecular weight is 284 g/mol. The molecule has 0 aromatic heterocycles. The highest BCUT2D eigenvalue weighted by atomic mass is 16.2. The van der Waals surface area contributed by atoms with Gasteiger partial charge in [-0.1, -0.05) is 38.5 Å². The first-order chi connectivity index (χ1) is 10.0. The van der Waals surface area contributed by atoms with Gasteiger partial charge < -0.3 is 10.6 Å². The maximum atomic E-state index is 11.6. The van der Waals surface area contributed by atoms with Crippen LogP contribution in [0, 0.1) is 5.92 Å². The number of nitrogens with zero attached hydrogens (tertiary/aromatic N) is 1. The molecule has 1 aliphatic rings. The smallest absolute Gasteiger partial charge is 0.253 e. The number of anilines is 2. The Morgan fingerprint density at radius 2 is 1.90 bits per heavy atom. The molecule has 1 heterocycles. The lowest BCUT2D eigenvalue weighted by molar-refractivity contribution is 0.560. The summed E-state index contributed by atoms with van der Waals surface area (Å²) in [5, 5.41) is 0. The minimum atomic E-state index is -0.543. The number of hydrogen-bond acceptors (Lipinski definition) is 4. The monoisotopic (exact) mass is 284 g/mol. The predicted octanol–water partition coefficient (Wildman–Crippen LogP) is 1.97. The molecular formula is C17H20N2O2. The fourth-order valence-electron chi connectivity index (χ4n) is 2.99. The molecule has 2 aromatic rings. The van der Waals surface area contributed by atoms with Gasteiger partial charge in [-0.15, -0.1) is 0 Å². The molecule has 4 heteroatoms. The summed E-state index contributed by atoms with van der Waals surface area (Å²) in [5.41, 5.74) is 8.98. The molecule has 4 nitrogen and oxygen atoms in total. The summed E-state index contributed by atoms with van der Waals surface area (Å²) in [6.45, 7) is 5.78. The van der Waals surface area contributed by atoms with Gasteiger partial charge in [0.2, 0.25) is 0 Å². The first-order valence-electron chi connectivity index (χ1n) is 7.45. The fraction of sp³-hybridized carbons (Fsp3) is 0.412. The Morgan fingerprint density at radius 1 is 1.19 bits per heavy atom. The molecule has 0 spiro atoms. The highest BCUT2D eigenvalue weighted by Gasteiger charge is 2.28. The SMILES string of the molecule is CCC(C)Cc1ccc2c(c1)CN(c1c(N)c(=O)c1=O)C2. The van der Waals surface area contributed by atoms with Crippen molar-refractivity contribution >= 4 is 11.4 Å². The van der Waals surface area contributed by atoms with Gasteiger partial charge in [-0.05, 0) is 29.0 Å². The molecule has 2 aromatic carbocycles. The lowest BCUT2D eigenvalue weighted by atomic mass is 9.96. The van der Waals surface area contributed by atoms with Crippen LogP contribution in [-0.4, -0.2) is 0 Å². The molecule has 110 valence electrons. The first kappa shape index (κ1) is 13.9. The Labute approximate surface area is 123 Å². The van der Waals surface area contributed by atoms with Crippen LogP contribution in [0.15, 0.2) is 27.8 Å². The van der Waals surface area contributed by atoms with Crippen molar-refractivity contribution in [2.75, 3.05) is 10.6 Å². The highest BCUT2D eigenvalue weighted by molar-refractivity contribution is 5.73. The summed E-state index contributed by atoms with van der Waals surface area (Å²) in [5.74, 6) is 0.671. The quantitative estimate of drug-likeness (QED) is 0.872. The van der Waals surface area contributed by atoms with E-state index in [-0.39, 0.29) is 5.69 Å². The zero-order valence-electron chi connectivity index (χ0n) is 12.5. The topological polar surface area (TPSA) is 63.4 Å². The van der Waals surface area contributed by atoms with Crippen molar-refractivity contribution in [3.63, 3.8) is 0 Å². The van der Waals surface area contributed by atoms with Crippen LogP contribution < -0.4 is 21.5 Å². The van der Waals surface area contributed by atoms with Crippen LogP contribution >= 0.6 is 0 Å². The summed E-state index contributed by atoms with van der Waals surface area (Å²) in [7, 11) is 0. The third-order valence-electron chi connectivity index (χ3n) is 4.51. The van der Waals surface area contributed by atoms with Crippen molar-refractivity contribution in [3.05, 3.63) is 55.3 Å². The van der Waals surface area contributed by atoms with Crippen LogP contribution in [0.3, 0.4) is 0 Å². The van der Waals surface area contributed by atoms with Crippen molar-refractivity contribution in [2.45, 2.75) is 39.8 Å². The van der Waals surface area contributed by atoms with E-state index >= 15 is 0 Å². The molecule has 0 saturated carbocycles. The molecule has 1 aliphatic heterocycles. The van der Waals surface area contributed by atoms with Gasteiger partial charge in [0.15, 0.2) is 0 Å². The Bertz CT molecular complexity index is 757. The van der Waals surface area contributed by atoms with Crippen LogP contribution in [0.2, 0.25) is 0 Å². The number of rotatable bonds is 4. The molecule has 0 bridgehead atoms.